The van der Waals surface area contributed by atoms with Crippen molar-refractivity contribution in [1.82, 2.24) is 9.78 Å². The zero-order valence-electron chi connectivity index (χ0n) is 14.5. The van der Waals surface area contributed by atoms with Gasteiger partial charge in [0.05, 0.1) is 16.9 Å². The molecule has 0 saturated heterocycles. The van der Waals surface area contributed by atoms with Crippen LogP contribution in [0.3, 0.4) is 0 Å². The molecule has 0 saturated carbocycles. The Kier molecular flexibility index (Phi) is 5.77. The van der Waals surface area contributed by atoms with Gasteiger partial charge in [-0.25, -0.2) is 0 Å². The highest BCUT2D eigenvalue weighted by molar-refractivity contribution is 6.41. The fraction of sp³-hybridized carbons (Fsp3) is 0.0526. The molecule has 1 aromatic heterocycles. The first kappa shape index (κ1) is 19.6. The maximum atomic E-state index is 12.4. The number of hydrogen-bond donors (Lipinski definition) is 1. The first-order valence-corrected chi connectivity index (χ1v) is 8.74. The molecule has 0 aliphatic rings. The van der Waals surface area contributed by atoms with Gasteiger partial charge in [0, 0.05) is 18.2 Å². The van der Waals surface area contributed by atoms with Crippen molar-refractivity contribution in [2.45, 2.75) is 6.92 Å². The maximum absolute atomic E-state index is 12.4. The number of nitrogens with zero attached hydrogens (tertiary/aromatic N) is 2. The molecule has 9 heteroatoms. The number of esters is 1. The summed E-state index contributed by atoms with van der Waals surface area (Å²) < 4.78 is 6.02. The van der Waals surface area contributed by atoms with E-state index in [0.717, 1.165) is 4.68 Å². The average Bonchev–Trinajstić information content (AvgIpc) is 2.67. The highest BCUT2D eigenvalue weighted by Gasteiger charge is 2.11. The Morgan fingerprint density at radius 2 is 1.68 bits per heavy atom. The van der Waals surface area contributed by atoms with Crippen LogP contribution >= 0.6 is 23.2 Å². The number of hydrogen-bond acceptors (Lipinski definition) is 5. The fourth-order valence-electron chi connectivity index (χ4n) is 2.33. The lowest BCUT2D eigenvalue weighted by Gasteiger charge is -2.08. The minimum absolute atomic E-state index is 0.0682. The highest BCUT2D eigenvalue weighted by Crippen LogP contribution is 2.18. The van der Waals surface area contributed by atoms with E-state index >= 15 is 0 Å². The van der Waals surface area contributed by atoms with Crippen LogP contribution in [0.5, 0.6) is 5.75 Å². The van der Waals surface area contributed by atoms with Crippen LogP contribution in [0.15, 0.2) is 59.5 Å². The molecule has 0 spiro atoms. The summed E-state index contributed by atoms with van der Waals surface area (Å²) in [6, 6.07) is 12.6. The van der Waals surface area contributed by atoms with Crippen molar-refractivity contribution in [3.05, 3.63) is 80.7 Å². The van der Waals surface area contributed by atoms with Gasteiger partial charge >= 0.3 is 5.97 Å². The summed E-state index contributed by atoms with van der Waals surface area (Å²) in [5, 5.41) is 6.59. The van der Waals surface area contributed by atoms with Crippen LogP contribution in [-0.4, -0.2) is 21.7 Å². The Labute approximate surface area is 169 Å². The third-order valence-electron chi connectivity index (χ3n) is 3.62. The van der Waals surface area contributed by atoms with Gasteiger partial charge in [-0.1, -0.05) is 23.2 Å². The number of halogens is 2. The van der Waals surface area contributed by atoms with Crippen LogP contribution in [0.1, 0.15) is 17.3 Å². The second kappa shape index (κ2) is 8.24. The molecule has 142 valence electrons. The predicted octanol–water partition coefficient (Wildman–Crippen LogP) is 3.72. The fourth-order valence-corrected chi connectivity index (χ4v) is 2.58. The van der Waals surface area contributed by atoms with Crippen LogP contribution in [0, 0.1) is 0 Å². The Hall–Kier alpha value is -3.16. The SMILES string of the molecule is CC(=O)Oc1ccc(NC(=O)c2ccc(-n3ncc(Cl)c(Cl)c3=O)cc2)cc1. The van der Waals surface area contributed by atoms with Gasteiger partial charge in [-0.2, -0.15) is 9.78 Å². The van der Waals surface area contributed by atoms with Crippen molar-refractivity contribution >= 4 is 40.8 Å². The van der Waals surface area contributed by atoms with Crippen molar-refractivity contribution in [2.24, 2.45) is 0 Å². The Morgan fingerprint density at radius 3 is 2.29 bits per heavy atom. The van der Waals surface area contributed by atoms with Gasteiger partial charge in [0.15, 0.2) is 0 Å². The summed E-state index contributed by atoms with van der Waals surface area (Å²) in [5.41, 5.74) is 0.790. The quantitative estimate of drug-likeness (QED) is 0.515. The van der Waals surface area contributed by atoms with Crippen LogP contribution in [0.25, 0.3) is 5.69 Å². The molecule has 28 heavy (non-hydrogen) atoms. The molecule has 0 bridgehead atoms. The number of rotatable bonds is 4. The summed E-state index contributed by atoms with van der Waals surface area (Å²) in [7, 11) is 0. The molecule has 0 fully saturated rings. The molecule has 0 aliphatic heterocycles. The van der Waals surface area contributed by atoms with E-state index in [1.807, 2.05) is 0 Å². The Bertz CT molecular complexity index is 1090. The molecular formula is C19H13Cl2N3O4. The molecule has 0 aliphatic carbocycles. The average molecular weight is 418 g/mol. The molecule has 1 N–H and O–H groups in total. The zero-order valence-corrected chi connectivity index (χ0v) is 16.0. The number of carbonyl (C=O) groups is 2. The Balaban J connectivity index is 1.74. The van der Waals surface area contributed by atoms with E-state index in [1.165, 1.54) is 13.1 Å². The van der Waals surface area contributed by atoms with Crippen molar-refractivity contribution in [3.63, 3.8) is 0 Å². The third-order valence-corrected chi connectivity index (χ3v) is 4.37. The number of amides is 1. The monoisotopic (exact) mass is 417 g/mol. The number of carbonyl (C=O) groups excluding carboxylic acids is 2. The number of benzene rings is 2. The first-order valence-electron chi connectivity index (χ1n) is 7.99. The van der Waals surface area contributed by atoms with Gasteiger partial charge in [0.1, 0.15) is 10.8 Å². The van der Waals surface area contributed by atoms with E-state index < -0.39 is 11.5 Å². The highest BCUT2D eigenvalue weighted by atomic mass is 35.5. The van der Waals surface area contributed by atoms with Crippen molar-refractivity contribution < 1.29 is 14.3 Å². The molecule has 2 aromatic carbocycles. The third kappa shape index (κ3) is 4.39. The summed E-state index contributed by atoms with van der Waals surface area (Å²) in [5.74, 6) is -0.386. The maximum Gasteiger partial charge on any atom is 0.308 e. The zero-order chi connectivity index (χ0) is 20.3. The molecule has 3 rings (SSSR count). The van der Waals surface area contributed by atoms with Gasteiger partial charge < -0.3 is 10.1 Å². The number of nitrogens with one attached hydrogen (secondary N) is 1. The molecule has 1 heterocycles. The standard InChI is InChI=1S/C19H13Cl2N3O4/c1-11(25)28-15-8-4-13(5-9-15)23-18(26)12-2-6-14(7-3-12)24-19(27)17(21)16(20)10-22-24/h2-10H,1H3,(H,23,26). The van der Waals surface area contributed by atoms with Gasteiger partial charge in [-0.05, 0) is 48.5 Å². The van der Waals surface area contributed by atoms with E-state index in [-0.39, 0.29) is 16.0 Å². The number of ether oxygens (including phenoxy) is 1. The topological polar surface area (TPSA) is 90.3 Å². The molecule has 0 radical (unpaired) electrons. The lowest BCUT2D eigenvalue weighted by atomic mass is 10.2. The van der Waals surface area contributed by atoms with E-state index in [4.69, 9.17) is 27.9 Å². The summed E-state index contributed by atoms with van der Waals surface area (Å²) in [6.07, 6.45) is 1.27. The number of anilines is 1. The van der Waals surface area contributed by atoms with Crippen molar-refractivity contribution in [3.8, 4) is 11.4 Å². The minimum atomic E-state index is -0.556. The lowest BCUT2D eigenvalue weighted by molar-refractivity contribution is -0.131. The predicted molar refractivity (Wildman–Crippen MR) is 106 cm³/mol. The first-order chi connectivity index (χ1) is 13.3. The van der Waals surface area contributed by atoms with Crippen molar-refractivity contribution in [2.75, 3.05) is 5.32 Å². The van der Waals surface area contributed by atoms with Gasteiger partial charge in [0.25, 0.3) is 11.5 Å². The molecule has 7 nitrogen and oxygen atoms in total. The van der Waals surface area contributed by atoms with E-state index in [1.54, 1.807) is 48.5 Å². The van der Waals surface area contributed by atoms with E-state index in [0.29, 0.717) is 22.7 Å². The van der Waals surface area contributed by atoms with Gasteiger partial charge in [-0.3, -0.25) is 14.4 Å². The van der Waals surface area contributed by atoms with Gasteiger partial charge in [0.2, 0.25) is 0 Å². The summed E-state index contributed by atoms with van der Waals surface area (Å²) in [4.78, 5) is 35.4. The second-order valence-electron chi connectivity index (χ2n) is 5.64. The molecule has 3 aromatic rings. The van der Waals surface area contributed by atoms with Gasteiger partial charge in [-0.15, -0.1) is 0 Å². The normalized spacial score (nSPS) is 10.4. The minimum Gasteiger partial charge on any atom is -0.427 e. The molecule has 0 atom stereocenters. The molecule has 0 unspecified atom stereocenters. The van der Waals surface area contributed by atoms with Crippen LogP contribution in [-0.2, 0) is 4.79 Å². The summed E-state index contributed by atoms with van der Waals surface area (Å²) in [6.45, 7) is 1.31. The second-order valence-corrected chi connectivity index (χ2v) is 6.43. The number of aromatic nitrogens is 2. The van der Waals surface area contributed by atoms with Crippen LogP contribution in [0.4, 0.5) is 5.69 Å². The van der Waals surface area contributed by atoms with Crippen molar-refractivity contribution in [1.29, 1.82) is 0 Å². The molecule has 1 amide bonds. The van der Waals surface area contributed by atoms with E-state index in [9.17, 15) is 14.4 Å². The smallest absolute Gasteiger partial charge is 0.308 e. The van der Waals surface area contributed by atoms with Crippen LogP contribution in [0.2, 0.25) is 10.0 Å². The molecular weight excluding hydrogens is 405 g/mol. The van der Waals surface area contributed by atoms with E-state index in [2.05, 4.69) is 10.4 Å². The largest absolute Gasteiger partial charge is 0.427 e. The summed E-state index contributed by atoms with van der Waals surface area (Å²) >= 11 is 11.6. The Morgan fingerprint density at radius 1 is 1.04 bits per heavy atom. The lowest BCUT2D eigenvalue weighted by Crippen LogP contribution is -2.21. The van der Waals surface area contributed by atoms with Crippen LogP contribution < -0.4 is 15.6 Å².